The van der Waals surface area contributed by atoms with Crippen LogP contribution in [0.5, 0.6) is 0 Å². The predicted molar refractivity (Wildman–Crippen MR) is 67.4 cm³/mol. The van der Waals surface area contributed by atoms with Crippen molar-refractivity contribution in [2.24, 2.45) is 17.8 Å². The molecule has 2 saturated carbocycles. The van der Waals surface area contributed by atoms with E-state index in [1.807, 2.05) is 0 Å². The monoisotopic (exact) mass is 313 g/mol. The van der Waals surface area contributed by atoms with Gasteiger partial charge in [0.15, 0.2) is 11.9 Å². The van der Waals surface area contributed by atoms with Crippen LogP contribution in [0.3, 0.4) is 0 Å². The molecule has 0 aromatic rings. The van der Waals surface area contributed by atoms with E-state index in [1.54, 1.807) is 0 Å². The van der Waals surface area contributed by atoms with Crippen molar-refractivity contribution in [3.63, 3.8) is 0 Å². The van der Waals surface area contributed by atoms with Crippen LogP contribution in [0.2, 0.25) is 0 Å². The van der Waals surface area contributed by atoms with Gasteiger partial charge >= 0.3 is 11.5 Å². The Labute approximate surface area is 119 Å². The van der Waals surface area contributed by atoms with Gasteiger partial charge in [0.25, 0.3) is 0 Å². The van der Waals surface area contributed by atoms with Gasteiger partial charge in [-0.15, -0.1) is 0 Å². The lowest BCUT2D eigenvalue weighted by Crippen LogP contribution is -3.01. The number of fused-ring (bicyclic) bond motifs is 2. The van der Waals surface area contributed by atoms with Crippen LogP contribution in [-0.2, 0) is 9.53 Å². The number of ether oxygens (including phenoxy) is 1. The first kappa shape index (κ1) is 15.9. The number of nitrogens with one attached hydrogen (secondary N) is 1. The summed E-state index contributed by atoms with van der Waals surface area (Å²) >= 11 is -0.679. The largest absolute Gasteiger partial charge is 0.621 e. The lowest BCUT2D eigenvalue weighted by molar-refractivity contribution is -0.698. The summed E-state index contributed by atoms with van der Waals surface area (Å²) in [6, 6.07) is 0. The number of esters is 1. The summed E-state index contributed by atoms with van der Waals surface area (Å²) in [5, 5.41) is 10.9. The van der Waals surface area contributed by atoms with Gasteiger partial charge in [-0.3, -0.25) is 9.26 Å². The van der Waals surface area contributed by atoms with E-state index in [9.17, 15) is 23.2 Å². The molecule has 4 nitrogen and oxygen atoms in total. The van der Waals surface area contributed by atoms with Crippen molar-refractivity contribution in [3.05, 3.63) is 5.21 Å². The molecule has 3 unspecified atom stereocenters. The van der Waals surface area contributed by atoms with Crippen molar-refractivity contribution in [3.8, 4) is 0 Å². The standard InChI is InChI=1S/C12H18F3NO3S/c13-12(14,15)20-16(18)3-4-19-11(17)7-10-6-8-1-2-9(10)5-8/h8-10,16H,1-7H2/t8-,9?,10?/m1/s1. The SMILES string of the molecule is O=C(CC1C[C@@H]2CCC1C2)OCC[NH+]([O-])SC(F)(F)F. The van der Waals surface area contributed by atoms with Gasteiger partial charge in [-0.05, 0) is 37.0 Å². The topological polar surface area (TPSA) is 53.8 Å². The summed E-state index contributed by atoms with van der Waals surface area (Å²) in [6.07, 6.45) is 5.01. The molecular weight excluding hydrogens is 295 g/mol. The van der Waals surface area contributed by atoms with Gasteiger partial charge in [-0.25, -0.2) is 0 Å². The van der Waals surface area contributed by atoms with E-state index in [0.29, 0.717) is 18.3 Å². The lowest BCUT2D eigenvalue weighted by atomic mass is 9.86. The molecule has 2 aliphatic carbocycles. The fourth-order valence-corrected chi connectivity index (χ4v) is 3.77. The summed E-state index contributed by atoms with van der Waals surface area (Å²) in [5.74, 6) is 1.31. The van der Waals surface area contributed by atoms with Gasteiger partial charge in [0.1, 0.15) is 13.2 Å². The minimum Gasteiger partial charge on any atom is -0.621 e. The molecule has 0 aromatic heterocycles. The average Bonchev–Trinajstić information content (AvgIpc) is 2.88. The van der Waals surface area contributed by atoms with Crippen LogP contribution >= 0.6 is 11.9 Å². The van der Waals surface area contributed by atoms with Gasteiger partial charge in [0, 0.05) is 6.42 Å². The molecule has 116 valence electrons. The second-order valence-corrected chi connectivity index (χ2v) is 6.65. The minimum atomic E-state index is -4.57. The zero-order valence-corrected chi connectivity index (χ0v) is 11.8. The summed E-state index contributed by atoms with van der Waals surface area (Å²) in [6.45, 7) is -0.659. The molecule has 2 bridgehead atoms. The molecule has 2 fully saturated rings. The molecule has 20 heavy (non-hydrogen) atoms. The number of hydrogen-bond donors (Lipinski definition) is 1. The molecule has 2 rings (SSSR count). The Morgan fingerprint density at radius 1 is 1.35 bits per heavy atom. The van der Waals surface area contributed by atoms with Crippen molar-refractivity contribution in [2.75, 3.05) is 13.2 Å². The molecule has 0 saturated heterocycles. The Hall–Kier alpha value is -0.470. The number of quaternary nitrogens is 1. The minimum absolute atomic E-state index is 0.262. The molecule has 0 radical (unpaired) electrons. The molecule has 4 atom stereocenters. The van der Waals surface area contributed by atoms with Crippen LogP contribution in [0.25, 0.3) is 0 Å². The number of carbonyl (C=O) groups is 1. The normalized spacial score (nSPS) is 30.5. The van der Waals surface area contributed by atoms with Crippen molar-refractivity contribution in [1.29, 1.82) is 0 Å². The van der Waals surface area contributed by atoms with Gasteiger partial charge < -0.3 is 9.94 Å². The highest BCUT2D eigenvalue weighted by Crippen LogP contribution is 2.49. The van der Waals surface area contributed by atoms with Crippen molar-refractivity contribution >= 4 is 17.9 Å². The van der Waals surface area contributed by atoms with E-state index in [-0.39, 0.29) is 6.61 Å². The summed E-state index contributed by atoms with van der Waals surface area (Å²) in [5.41, 5.74) is -4.57. The van der Waals surface area contributed by atoms with E-state index < -0.39 is 34.4 Å². The van der Waals surface area contributed by atoms with Crippen LogP contribution in [-0.4, -0.2) is 24.6 Å². The Morgan fingerprint density at radius 2 is 2.10 bits per heavy atom. The molecule has 0 heterocycles. The quantitative estimate of drug-likeness (QED) is 0.462. The second-order valence-electron chi connectivity index (χ2n) is 5.53. The van der Waals surface area contributed by atoms with Crippen LogP contribution in [0.1, 0.15) is 32.1 Å². The number of hydrogen-bond acceptors (Lipinski definition) is 4. The van der Waals surface area contributed by atoms with Gasteiger partial charge in [0.2, 0.25) is 0 Å². The van der Waals surface area contributed by atoms with E-state index in [1.165, 1.54) is 19.3 Å². The molecule has 0 amide bonds. The first-order chi connectivity index (χ1) is 9.33. The van der Waals surface area contributed by atoms with E-state index >= 15 is 0 Å². The van der Waals surface area contributed by atoms with Crippen LogP contribution < -0.4 is 4.47 Å². The third-order valence-corrected chi connectivity index (χ3v) is 4.78. The maximum Gasteiger partial charge on any atom is 0.496 e. The molecule has 0 aliphatic heterocycles. The summed E-state index contributed by atoms with van der Waals surface area (Å²) in [7, 11) is 0. The lowest BCUT2D eigenvalue weighted by Gasteiger charge is -2.22. The van der Waals surface area contributed by atoms with Crippen LogP contribution in [0.15, 0.2) is 0 Å². The molecule has 0 aromatic carbocycles. The van der Waals surface area contributed by atoms with E-state index in [0.717, 1.165) is 12.3 Å². The number of hydroxylamine groups is 1. The molecule has 0 spiro atoms. The molecular formula is C12H18F3NO3S. The Bertz CT molecular complexity index is 353. The zero-order chi connectivity index (χ0) is 14.8. The highest BCUT2D eigenvalue weighted by atomic mass is 32.2. The molecule has 8 heteroatoms. The number of halogens is 3. The first-order valence-corrected chi connectivity index (χ1v) is 7.59. The Morgan fingerprint density at radius 3 is 2.65 bits per heavy atom. The van der Waals surface area contributed by atoms with Crippen LogP contribution in [0, 0.1) is 23.0 Å². The first-order valence-electron chi connectivity index (χ1n) is 6.77. The maximum absolute atomic E-state index is 11.9. The highest BCUT2D eigenvalue weighted by Gasteiger charge is 2.40. The van der Waals surface area contributed by atoms with Crippen LogP contribution in [0.4, 0.5) is 13.2 Å². The fraction of sp³-hybridized carbons (Fsp3) is 0.917. The highest BCUT2D eigenvalue weighted by molar-refractivity contribution is 7.93. The second kappa shape index (κ2) is 6.53. The van der Waals surface area contributed by atoms with Crippen molar-refractivity contribution in [1.82, 2.24) is 0 Å². The predicted octanol–water partition coefficient (Wildman–Crippen LogP) is 1.91. The van der Waals surface area contributed by atoms with Crippen molar-refractivity contribution in [2.45, 2.75) is 37.6 Å². The average molecular weight is 313 g/mol. The maximum atomic E-state index is 11.9. The van der Waals surface area contributed by atoms with Gasteiger partial charge in [-0.2, -0.15) is 13.2 Å². The zero-order valence-electron chi connectivity index (χ0n) is 10.9. The smallest absolute Gasteiger partial charge is 0.496 e. The van der Waals surface area contributed by atoms with E-state index in [4.69, 9.17) is 4.74 Å². The third kappa shape index (κ3) is 4.82. The summed E-state index contributed by atoms with van der Waals surface area (Å²) < 4.78 is 39.5. The van der Waals surface area contributed by atoms with E-state index in [2.05, 4.69) is 0 Å². The van der Waals surface area contributed by atoms with Crippen molar-refractivity contribution < 1.29 is 27.2 Å². The Kier molecular flexibility index (Phi) is 5.19. The summed E-state index contributed by atoms with van der Waals surface area (Å²) in [4.78, 5) is 11.6. The van der Waals surface area contributed by atoms with Gasteiger partial charge in [0.05, 0.1) is 0 Å². The number of alkyl halides is 3. The molecule has 2 aliphatic rings. The fourth-order valence-electron chi connectivity index (χ4n) is 3.33. The third-order valence-electron chi connectivity index (χ3n) is 4.11. The Balaban J connectivity index is 1.59. The van der Waals surface area contributed by atoms with Gasteiger partial charge in [-0.1, -0.05) is 6.42 Å². The number of rotatable bonds is 6. The number of carbonyl (C=O) groups excluding carboxylic acids is 1. The molecule has 1 N–H and O–H groups in total.